The second kappa shape index (κ2) is 6.02. The van der Waals surface area contributed by atoms with Crippen LogP contribution in [-0.2, 0) is 0 Å². The largest absolute Gasteiger partial charge is 0.397 e. The standard InChI is InChI=1S/C13H18ClFN2S/c1-18-11-5-3-2-4-10(11)17-13-9(16)7-6-8(14)12(13)15/h6-7,10-11,17H,2-5,16H2,1H3. The average molecular weight is 289 g/mol. The van der Waals surface area contributed by atoms with Crippen LogP contribution in [0.15, 0.2) is 12.1 Å². The molecule has 0 aliphatic heterocycles. The van der Waals surface area contributed by atoms with Gasteiger partial charge in [-0.05, 0) is 31.2 Å². The van der Waals surface area contributed by atoms with Crippen molar-refractivity contribution in [3.63, 3.8) is 0 Å². The van der Waals surface area contributed by atoms with Crippen molar-refractivity contribution < 1.29 is 4.39 Å². The van der Waals surface area contributed by atoms with E-state index in [1.807, 2.05) is 11.8 Å². The number of benzene rings is 1. The normalized spacial score (nSPS) is 23.9. The van der Waals surface area contributed by atoms with Crippen LogP contribution in [0.3, 0.4) is 0 Å². The molecule has 2 unspecified atom stereocenters. The minimum Gasteiger partial charge on any atom is -0.397 e. The number of nitrogens with two attached hydrogens (primary N) is 1. The zero-order valence-corrected chi connectivity index (χ0v) is 12.0. The van der Waals surface area contributed by atoms with Gasteiger partial charge in [0.1, 0.15) is 0 Å². The highest BCUT2D eigenvalue weighted by Crippen LogP contribution is 2.34. The molecule has 0 spiro atoms. The number of halogens is 2. The molecule has 0 aromatic heterocycles. The van der Waals surface area contributed by atoms with Crippen molar-refractivity contribution in [3.8, 4) is 0 Å². The van der Waals surface area contributed by atoms with Gasteiger partial charge in [-0.1, -0.05) is 24.4 Å². The van der Waals surface area contributed by atoms with E-state index in [0.717, 1.165) is 6.42 Å². The molecule has 5 heteroatoms. The molecule has 2 rings (SSSR count). The van der Waals surface area contributed by atoms with Crippen molar-refractivity contribution >= 4 is 34.7 Å². The van der Waals surface area contributed by atoms with Crippen LogP contribution in [0.25, 0.3) is 0 Å². The number of anilines is 2. The fourth-order valence-corrected chi connectivity index (χ4v) is 3.53. The van der Waals surface area contributed by atoms with Crippen LogP contribution < -0.4 is 11.1 Å². The molecule has 1 aromatic rings. The maximum atomic E-state index is 14.0. The van der Waals surface area contributed by atoms with E-state index in [-0.39, 0.29) is 11.1 Å². The topological polar surface area (TPSA) is 38.0 Å². The minimum absolute atomic E-state index is 0.114. The van der Waals surface area contributed by atoms with Gasteiger partial charge in [0.25, 0.3) is 0 Å². The number of nitrogen functional groups attached to an aromatic ring is 1. The summed E-state index contributed by atoms with van der Waals surface area (Å²) >= 11 is 7.63. The molecule has 0 heterocycles. The van der Waals surface area contributed by atoms with Crippen LogP contribution in [-0.4, -0.2) is 17.5 Å². The molecular weight excluding hydrogens is 271 g/mol. The first kappa shape index (κ1) is 13.8. The second-order valence-electron chi connectivity index (χ2n) is 4.64. The number of nitrogens with one attached hydrogen (secondary N) is 1. The summed E-state index contributed by atoms with van der Waals surface area (Å²) in [6.07, 6.45) is 6.74. The molecule has 3 N–H and O–H groups in total. The minimum atomic E-state index is -0.443. The molecule has 0 radical (unpaired) electrons. The van der Waals surface area contributed by atoms with Gasteiger partial charge in [-0.25, -0.2) is 4.39 Å². The fraction of sp³-hybridized carbons (Fsp3) is 0.538. The molecule has 18 heavy (non-hydrogen) atoms. The molecule has 1 saturated carbocycles. The number of hydrogen-bond donors (Lipinski definition) is 2. The predicted molar refractivity (Wildman–Crippen MR) is 79.0 cm³/mol. The zero-order valence-electron chi connectivity index (χ0n) is 10.4. The van der Waals surface area contributed by atoms with Gasteiger partial charge in [-0.15, -0.1) is 0 Å². The third-order valence-electron chi connectivity index (χ3n) is 3.46. The molecule has 100 valence electrons. The number of thioether (sulfide) groups is 1. The summed E-state index contributed by atoms with van der Waals surface area (Å²) in [7, 11) is 0. The first-order valence-electron chi connectivity index (χ1n) is 6.16. The summed E-state index contributed by atoms with van der Waals surface area (Å²) in [4.78, 5) is 0. The van der Waals surface area contributed by atoms with Gasteiger partial charge < -0.3 is 11.1 Å². The first-order chi connectivity index (χ1) is 8.63. The summed E-state index contributed by atoms with van der Waals surface area (Å²) in [5.74, 6) is -0.443. The Morgan fingerprint density at radius 1 is 1.39 bits per heavy atom. The van der Waals surface area contributed by atoms with Crippen LogP contribution in [0.2, 0.25) is 5.02 Å². The van der Waals surface area contributed by atoms with Crippen molar-refractivity contribution in [1.82, 2.24) is 0 Å². The number of rotatable bonds is 3. The Morgan fingerprint density at radius 2 is 2.11 bits per heavy atom. The van der Waals surface area contributed by atoms with Crippen LogP contribution >= 0.6 is 23.4 Å². The maximum absolute atomic E-state index is 14.0. The highest BCUT2D eigenvalue weighted by molar-refractivity contribution is 7.99. The SMILES string of the molecule is CSC1CCCCC1Nc1c(N)ccc(Cl)c1F. The van der Waals surface area contributed by atoms with Crippen LogP contribution in [0.1, 0.15) is 25.7 Å². The first-order valence-corrected chi connectivity index (χ1v) is 7.83. The highest BCUT2D eigenvalue weighted by atomic mass is 35.5. The Bertz CT molecular complexity index is 428. The fourth-order valence-electron chi connectivity index (χ4n) is 2.44. The van der Waals surface area contributed by atoms with Crippen LogP contribution in [0, 0.1) is 5.82 Å². The van der Waals surface area contributed by atoms with Crippen molar-refractivity contribution in [2.75, 3.05) is 17.3 Å². The summed E-state index contributed by atoms with van der Waals surface area (Å²) in [5.41, 5.74) is 6.60. The maximum Gasteiger partial charge on any atom is 0.166 e. The average Bonchev–Trinajstić information content (AvgIpc) is 2.39. The van der Waals surface area contributed by atoms with E-state index < -0.39 is 5.82 Å². The molecule has 0 saturated heterocycles. The lowest BCUT2D eigenvalue weighted by Crippen LogP contribution is -2.34. The van der Waals surface area contributed by atoms with Crippen molar-refractivity contribution in [1.29, 1.82) is 0 Å². The van der Waals surface area contributed by atoms with E-state index in [1.54, 1.807) is 6.07 Å². The van der Waals surface area contributed by atoms with E-state index in [0.29, 0.717) is 16.6 Å². The third kappa shape index (κ3) is 2.86. The summed E-state index contributed by atoms with van der Waals surface area (Å²) < 4.78 is 14.0. The third-order valence-corrected chi connectivity index (χ3v) is 4.92. The van der Waals surface area contributed by atoms with Crippen LogP contribution in [0.4, 0.5) is 15.8 Å². The zero-order chi connectivity index (χ0) is 13.1. The molecule has 1 fully saturated rings. The lowest BCUT2D eigenvalue weighted by atomic mass is 9.94. The van der Waals surface area contributed by atoms with E-state index in [2.05, 4.69) is 11.6 Å². The molecule has 2 nitrogen and oxygen atoms in total. The Labute approximate surface area is 116 Å². The van der Waals surface area contributed by atoms with E-state index in [9.17, 15) is 4.39 Å². The number of hydrogen-bond acceptors (Lipinski definition) is 3. The Hall–Kier alpha value is -0.610. The molecule has 0 bridgehead atoms. The van der Waals surface area contributed by atoms with Gasteiger partial charge in [-0.3, -0.25) is 0 Å². The van der Waals surface area contributed by atoms with E-state index in [4.69, 9.17) is 17.3 Å². The van der Waals surface area contributed by atoms with Crippen molar-refractivity contribution in [2.45, 2.75) is 37.0 Å². The van der Waals surface area contributed by atoms with Crippen LogP contribution in [0.5, 0.6) is 0 Å². The molecule has 0 amide bonds. The van der Waals surface area contributed by atoms with Gasteiger partial charge >= 0.3 is 0 Å². The highest BCUT2D eigenvalue weighted by Gasteiger charge is 2.25. The summed E-state index contributed by atoms with van der Waals surface area (Å²) in [6, 6.07) is 3.40. The lowest BCUT2D eigenvalue weighted by molar-refractivity contribution is 0.473. The van der Waals surface area contributed by atoms with Crippen molar-refractivity contribution in [3.05, 3.63) is 23.0 Å². The Kier molecular flexibility index (Phi) is 4.62. The monoisotopic (exact) mass is 288 g/mol. The van der Waals surface area contributed by atoms with Gasteiger partial charge in [0.2, 0.25) is 0 Å². The molecule has 2 atom stereocenters. The second-order valence-corrected chi connectivity index (χ2v) is 6.12. The predicted octanol–water partition coefficient (Wildman–Crippen LogP) is 4.15. The van der Waals surface area contributed by atoms with Gasteiger partial charge in [0, 0.05) is 11.3 Å². The molecule has 1 aliphatic carbocycles. The van der Waals surface area contributed by atoms with Crippen molar-refractivity contribution in [2.24, 2.45) is 0 Å². The lowest BCUT2D eigenvalue weighted by Gasteiger charge is -2.32. The smallest absolute Gasteiger partial charge is 0.166 e. The summed E-state index contributed by atoms with van der Waals surface area (Å²) in [6.45, 7) is 0. The quantitative estimate of drug-likeness (QED) is 0.821. The molecule has 1 aliphatic rings. The Morgan fingerprint density at radius 3 is 2.83 bits per heavy atom. The molecule has 1 aromatic carbocycles. The van der Waals surface area contributed by atoms with Gasteiger partial charge in [-0.2, -0.15) is 11.8 Å². The summed E-state index contributed by atoms with van der Waals surface area (Å²) in [5, 5.41) is 3.88. The van der Waals surface area contributed by atoms with Gasteiger partial charge in [0.05, 0.1) is 16.4 Å². The Balaban J connectivity index is 2.20. The molecular formula is C13H18ClFN2S. The van der Waals surface area contributed by atoms with E-state index >= 15 is 0 Å². The van der Waals surface area contributed by atoms with E-state index in [1.165, 1.54) is 25.3 Å². The van der Waals surface area contributed by atoms with Gasteiger partial charge in [0.15, 0.2) is 5.82 Å².